The van der Waals surface area contributed by atoms with Gasteiger partial charge in [-0.1, -0.05) is 11.6 Å². The van der Waals surface area contributed by atoms with Crippen molar-refractivity contribution in [2.45, 2.75) is 30.8 Å². The van der Waals surface area contributed by atoms with Gasteiger partial charge in [-0.05, 0) is 55.2 Å². The van der Waals surface area contributed by atoms with Crippen LogP contribution in [0.25, 0.3) is 16.2 Å². The van der Waals surface area contributed by atoms with E-state index >= 15 is 0 Å². The number of halogens is 2. The summed E-state index contributed by atoms with van der Waals surface area (Å²) in [6, 6.07) is 3.79. The second kappa shape index (κ2) is 9.32. The van der Waals surface area contributed by atoms with Crippen molar-refractivity contribution >= 4 is 43.7 Å². The number of fused-ring (bicyclic) bond motifs is 1. The van der Waals surface area contributed by atoms with Crippen LogP contribution in [0.5, 0.6) is 5.19 Å². The minimum Gasteiger partial charge on any atom is -0.466 e. The normalized spacial score (nSPS) is 16.1. The van der Waals surface area contributed by atoms with E-state index in [-0.39, 0.29) is 16.6 Å². The van der Waals surface area contributed by atoms with Crippen molar-refractivity contribution in [2.24, 2.45) is 5.92 Å². The Kier molecular flexibility index (Phi) is 6.36. The first-order chi connectivity index (χ1) is 16.7. The number of benzene rings is 1. The third kappa shape index (κ3) is 5.09. The number of ether oxygens (including phenoxy) is 1. The SMILES string of the molecule is CC(Oc1nn2cc(-c3ccc(S(C)(=O)=O)cc3F)nc2s1)C1CCN(c2ncc(Cl)cn2)CC1. The largest absolute Gasteiger partial charge is 0.466 e. The molecule has 4 heterocycles. The zero-order valence-corrected chi connectivity index (χ0v) is 21.3. The predicted molar refractivity (Wildman–Crippen MR) is 131 cm³/mol. The molecule has 9 nitrogen and oxygen atoms in total. The van der Waals surface area contributed by atoms with Crippen molar-refractivity contribution in [1.82, 2.24) is 24.6 Å². The van der Waals surface area contributed by atoms with Gasteiger partial charge in [0.25, 0.3) is 5.19 Å². The van der Waals surface area contributed by atoms with Crippen LogP contribution in [0, 0.1) is 11.7 Å². The van der Waals surface area contributed by atoms with E-state index in [9.17, 15) is 12.8 Å². The summed E-state index contributed by atoms with van der Waals surface area (Å²) in [5.41, 5.74) is 0.583. The molecule has 0 N–H and O–H groups in total. The summed E-state index contributed by atoms with van der Waals surface area (Å²) in [5, 5.41) is 5.45. The molecular weight excluding hydrogens is 515 g/mol. The number of rotatable bonds is 6. The molecule has 13 heteroatoms. The summed E-state index contributed by atoms with van der Waals surface area (Å²) < 4.78 is 45.5. The molecule has 0 aliphatic carbocycles. The fourth-order valence-electron chi connectivity index (χ4n) is 4.09. The Morgan fingerprint density at radius 3 is 2.57 bits per heavy atom. The van der Waals surface area contributed by atoms with Crippen LogP contribution in [0.3, 0.4) is 0 Å². The van der Waals surface area contributed by atoms with Crippen molar-refractivity contribution in [1.29, 1.82) is 0 Å². The first-order valence-electron chi connectivity index (χ1n) is 10.9. The quantitative estimate of drug-likeness (QED) is 0.362. The van der Waals surface area contributed by atoms with Crippen molar-refractivity contribution < 1.29 is 17.5 Å². The summed E-state index contributed by atoms with van der Waals surface area (Å²) in [6.07, 6.45) is 7.67. The number of sulfone groups is 1. The smallest absolute Gasteiger partial charge is 0.294 e. The third-order valence-corrected chi connectivity index (χ3v) is 8.17. The number of imidazole rings is 1. The van der Waals surface area contributed by atoms with E-state index in [4.69, 9.17) is 16.3 Å². The molecule has 5 rings (SSSR count). The van der Waals surface area contributed by atoms with Crippen LogP contribution in [0.15, 0.2) is 41.7 Å². The molecule has 0 saturated carbocycles. The molecule has 1 atom stereocenters. The van der Waals surface area contributed by atoms with Crippen LogP contribution in [0.1, 0.15) is 19.8 Å². The van der Waals surface area contributed by atoms with Gasteiger partial charge in [-0.25, -0.2) is 32.3 Å². The molecule has 3 aromatic heterocycles. The zero-order valence-electron chi connectivity index (χ0n) is 18.9. The maximum absolute atomic E-state index is 14.5. The highest BCUT2D eigenvalue weighted by atomic mass is 35.5. The highest BCUT2D eigenvalue weighted by Gasteiger charge is 2.27. The third-order valence-electron chi connectivity index (χ3n) is 6.05. The van der Waals surface area contributed by atoms with Crippen molar-refractivity contribution in [3.05, 3.63) is 47.6 Å². The molecule has 0 bridgehead atoms. The van der Waals surface area contributed by atoms with Crippen LogP contribution in [0.2, 0.25) is 5.02 Å². The van der Waals surface area contributed by atoms with Gasteiger partial charge in [-0.15, -0.1) is 5.10 Å². The van der Waals surface area contributed by atoms with Crippen LogP contribution >= 0.6 is 22.9 Å². The van der Waals surface area contributed by atoms with Gasteiger partial charge in [0.05, 0.1) is 34.2 Å². The summed E-state index contributed by atoms with van der Waals surface area (Å²) in [6.45, 7) is 3.69. The van der Waals surface area contributed by atoms with Gasteiger partial charge >= 0.3 is 0 Å². The van der Waals surface area contributed by atoms with E-state index in [2.05, 4.69) is 25.0 Å². The Hall–Kier alpha value is -2.83. The van der Waals surface area contributed by atoms with Crippen LogP contribution < -0.4 is 9.64 Å². The van der Waals surface area contributed by atoms with Crippen LogP contribution in [0.4, 0.5) is 10.3 Å². The Labute approximate surface area is 210 Å². The number of hydrogen-bond acceptors (Lipinski definition) is 9. The summed E-state index contributed by atoms with van der Waals surface area (Å²) in [7, 11) is -3.49. The Morgan fingerprint density at radius 2 is 1.94 bits per heavy atom. The predicted octanol–water partition coefficient (Wildman–Crippen LogP) is 4.13. The minimum atomic E-state index is -3.49. The van der Waals surface area contributed by atoms with Crippen LogP contribution in [-0.4, -0.2) is 58.4 Å². The van der Waals surface area contributed by atoms with Crippen molar-refractivity contribution in [3.63, 3.8) is 0 Å². The van der Waals surface area contributed by atoms with E-state index in [1.54, 1.807) is 23.1 Å². The molecule has 35 heavy (non-hydrogen) atoms. The molecule has 0 amide bonds. The number of piperidine rings is 1. The molecular formula is C22H22ClFN6O3S2. The number of hydrogen-bond donors (Lipinski definition) is 0. The van der Waals surface area contributed by atoms with Gasteiger partial charge in [-0.2, -0.15) is 0 Å². The molecule has 1 aliphatic rings. The Balaban J connectivity index is 1.23. The lowest BCUT2D eigenvalue weighted by atomic mass is 9.92. The van der Waals surface area contributed by atoms with Gasteiger partial charge < -0.3 is 9.64 Å². The van der Waals surface area contributed by atoms with E-state index in [1.807, 2.05) is 6.92 Å². The van der Waals surface area contributed by atoms with E-state index in [0.717, 1.165) is 38.3 Å². The van der Waals surface area contributed by atoms with E-state index in [0.29, 0.717) is 32.7 Å². The molecule has 184 valence electrons. The average Bonchev–Trinajstić information content (AvgIpc) is 3.37. The standard InChI is InChI=1S/C22H22ClFN6O3S2/c1-13(14-5-7-29(8-6-14)20-25-10-15(23)11-26-20)33-22-28-30-12-19(27-21(30)34-22)17-4-3-16(9-18(17)24)35(2,31)32/h3-4,9-14H,5-8H2,1-2H3. The first-order valence-corrected chi connectivity index (χ1v) is 14.0. The molecule has 1 aromatic carbocycles. The van der Waals surface area contributed by atoms with Gasteiger partial charge in [-0.3, -0.25) is 0 Å². The van der Waals surface area contributed by atoms with Crippen molar-refractivity contribution in [3.8, 4) is 16.5 Å². The lowest BCUT2D eigenvalue weighted by Crippen LogP contribution is -2.39. The highest BCUT2D eigenvalue weighted by molar-refractivity contribution is 7.90. The lowest BCUT2D eigenvalue weighted by molar-refractivity contribution is 0.131. The molecule has 4 aromatic rings. The van der Waals surface area contributed by atoms with Gasteiger partial charge in [0.1, 0.15) is 11.9 Å². The Bertz CT molecular complexity index is 1430. The Morgan fingerprint density at radius 1 is 1.23 bits per heavy atom. The lowest BCUT2D eigenvalue weighted by Gasteiger charge is -2.34. The van der Waals surface area contributed by atoms with E-state index in [1.165, 1.54) is 23.5 Å². The summed E-state index contributed by atoms with van der Waals surface area (Å²) in [4.78, 5) is 15.6. The molecule has 1 aliphatic heterocycles. The molecule has 0 spiro atoms. The van der Waals surface area contributed by atoms with Gasteiger partial charge in [0.2, 0.25) is 10.9 Å². The van der Waals surface area contributed by atoms with E-state index < -0.39 is 15.7 Å². The molecule has 1 saturated heterocycles. The van der Waals surface area contributed by atoms with Crippen molar-refractivity contribution in [2.75, 3.05) is 24.2 Å². The summed E-state index contributed by atoms with van der Waals surface area (Å²) in [5.74, 6) is 0.382. The zero-order chi connectivity index (χ0) is 24.7. The summed E-state index contributed by atoms with van der Waals surface area (Å²) >= 11 is 7.15. The average molecular weight is 537 g/mol. The second-order valence-electron chi connectivity index (χ2n) is 8.48. The maximum Gasteiger partial charge on any atom is 0.294 e. The first kappa shape index (κ1) is 23.9. The number of nitrogens with zero attached hydrogens (tertiary/aromatic N) is 6. The highest BCUT2D eigenvalue weighted by Crippen LogP contribution is 2.31. The molecule has 0 radical (unpaired) electrons. The van der Waals surface area contributed by atoms with Crippen LogP contribution in [-0.2, 0) is 9.84 Å². The number of aromatic nitrogens is 5. The molecule has 1 fully saturated rings. The molecule has 1 unspecified atom stereocenters. The topological polar surface area (TPSA) is 103 Å². The monoisotopic (exact) mass is 536 g/mol. The minimum absolute atomic E-state index is 0.0420. The van der Waals surface area contributed by atoms with Gasteiger partial charge in [0, 0.05) is 24.9 Å². The fraction of sp³-hybridized carbons (Fsp3) is 0.364. The van der Waals surface area contributed by atoms with Gasteiger partial charge in [0.15, 0.2) is 9.84 Å². The number of anilines is 1. The fourth-order valence-corrected chi connectivity index (χ4v) is 5.63. The second-order valence-corrected chi connectivity index (χ2v) is 11.9. The maximum atomic E-state index is 14.5.